The van der Waals surface area contributed by atoms with Gasteiger partial charge < -0.3 is 14.8 Å². The Bertz CT molecular complexity index is 952. The number of aromatic nitrogens is 2. The highest BCUT2D eigenvalue weighted by Crippen LogP contribution is 2.24. The average Bonchev–Trinajstić information content (AvgIpc) is 2.83. The first kappa shape index (κ1) is 26.1. The smallest absolute Gasteiger partial charge is 0.316 e. The van der Waals surface area contributed by atoms with Gasteiger partial charge in [0.2, 0.25) is 5.91 Å². The Morgan fingerprint density at radius 3 is 2.55 bits per heavy atom. The van der Waals surface area contributed by atoms with Crippen molar-refractivity contribution < 1.29 is 19.1 Å². The molecule has 0 radical (unpaired) electrons. The number of methoxy groups -OCH3 is 1. The van der Waals surface area contributed by atoms with E-state index in [9.17, 15) is 9.59 Å². The number of halogens is 2. The third-order valence-electron chi connectivity index (χ3n) is 4.67. The predicted octanol–water partition coefficient (Wildman–Crippen LogP) is 3.16. The second kappa shape index (κ2) is 13.4. The molecule has 3 rings (SSSR count). The summed E-state index contributed by atoms with van der Waals surface area (Å²) in [7, 11) is 1.34. The molecule has 33 heavy (non-hydrogen) atoms. The summed E-state index contributed by atoms with van der Waals surface area (Å²) in [5.74, 6) is -0.0236. The third kappa shape index (κ3) is 8.95. The topological polar surface area (TPSA) is 93.7 Å². The number of carbonyl (C=O) groups is 2. The Balaban J connectivity index is 1.36. The van der Waals surface area contributed by atoms with E-state index in [1.54, 1.807) is 18.2 Å². The van der Waals surface area contributed by atoms with Gasteiger partial charge in [-0.1, -0.05) is 52.8 Å². The molecule has 1 aliphatic heterocycles. The molecule has 1 aromatic carbocycles. The van der Waals surface area contributed by atoms with Crippen molar-refractivity contribution in [1.29, 1.82) is 0 Å². The molecule has 2 heterocycles. The lowest BCUT2D eigenvalue weighted by molar-refractivity contribution is -0.137. The van der Waals surface area contributed by atoms with Crippen molar-refractivity contribution >= 4 is 58.6 Å². The second-order valence-electron chi connectivity index (χ2n) is 7.14. The maximum Gasteiger partial charge on any atom is 0.316 e. The molecule has 1 N–H and O–H groups in total. The van der Waals surface area contributed by atoms with E-state index in [-0.39, 0.29) is 29.5 Å². The summed E-state index contributed by atoms with van der Waals surface area (Å²) in [6.07, 6.45) is -0.0821. The highest BCUT2D eigenvalue weighted by atomic mass is 35.5. The molecule has 1 fully saturated rings. The van der Waals surface area contributed by atoms with Gasteiger partial charge >= 0.3 is 5.97 Å². The molecule has 0 saturated carbocycles. The van der Waals surface area contributed by atoms with Gasteiger partial charge in [0.05, 0.1) is 41.4 Å². The predicted molar refractivity (Wildman–Crippen MR) is 130 cm³/mol. The molecule has 0 spiro atoms. The van der Waals surface area contributed by atoms with Gasteiger partial charge in [0.25, 0.3) is 0 Å². The van der Waals surface area contributed by atoms with Gasteiger partial charge in [-0.25, -0.2) is 0 Å². The van der Waals surface area contributed by atoms with Crippen LogP contribution in [0.4, 0.5) is 0 Å². The zero-order valence-electron chi connectivity index (χ0n) is 18.0. The van der Waals surface area contributed by atoms with Gasteiger partial charge in [-0.2, -0.15) is 0 Å². The molecule has 0 bridgehead atoms. The Morgan fingerprint density at radius 2 is 1.88 bits per heavy atom. The molecule has 1 unspecified atom stereocenters. The molecule has 0 aliphatic carbocycles. The number of hydrogen-bond acceptors (Lipinski definition) is 9. The number of thioether (sulfide) groups is 2. The quantitative estimate of drug-likeness (QED) is 0.367. The van der Waals surface area contributed by atoms with Crippen LogP contribution in [0.1, 0.15) is 5.56 Å². The monoisotopic (exact) mass is 530 g/mol. The number of hydrogen-bond donors (Lipinski definition) is 1. The maximum atomic E-state index is 12.2. The van der Waals surface area contributed by atoms with E-state index >= 15 is 0 Å². The second-order valence-corrected chi connectivity index (χ2v) is 9.95. The number of ether oxygens (including phenoxy) is 2. The first-order valence-electron chi connectivity index (χ1n) is 10.1. The highest BCUT2D eigenvalue weighted by Gasteiger charge is 2.21. The van der Waals surface area contributed by atoms with Gasteiger partial charge in [0.15, 0.2) is 0 Å². The van der Waals surface area contributed by atoms with E-state index in [1.807, 2.05) is 12.1 Å². The molecule has 1 aliphatic rings. The average molecular weight is 531 g/mol. The van der Waals surface area contributed by atoms with Gasteiger partial charge in [-0.05, 0) is 29.8 Å². The Hall–Kier alpha value is -1.56. The van der Waals surface area contributed by atoms with E-state index in [0.29, 0.717) is 39.8 Å². The lowest BCUT2D eigenvalue weighted by Gasteiger charge is -2.33. The summed E-state index contributed by atoms with van der Waals surface area (Å²) in [5, 5.41) is 13.4. The number of rotatable bonds is 10. The summed E-state index contributed by atoms with van der Waals surface area (Å²) in [5.41, 5.74) is 1.08. The molecule has 12 heteroatoms. The fourth-order valence-corrected chi connectivity index (χ4v) is 4.63. The minimum atomic E-state index is -0.323. The van der Waals surface area contributed by atoms with Crippen molar-refractivity contribution in [3.63, 3.8) is 0 Å². The van der Waals surface area contributed by atoms with E-state index < -0.39 is 0 Å². The van der Waals surface area contributed by atoms with Crippen molar-refractivity contribution in [2.45, 2.75) is 22.7 Å². The third-order valence-corrected chi connectivity index (χ3v) is 7.22. The van der Waals surface area contributed by atoms with Crippen LogP contribution in [0.2, 0.25) is 10.0 Å². The van der Waals surface area contributed by atoms with E-state index in [1.165, 1.54) is 30.6 Å². The largest absolute Gasteiger partial charge is 0.468 e. The van der Waals surface area contributed by atoms with Crippen molar-refractivity contribution in [2.24, 2.45) is 0 Å². The normalized spacial score (nSPS) is 16.4. The first-order chi connectivity index (χ1) is 15.9. The van der Waals surface area contributed by atoms with Crippen molar-refractivity contribution in [3.8, 4) is 0 Å². The number of benzene rings is 1. The van der Waals surface area contributed by atoms with E-state index in [0.717, 1.165) is 18.7 Å². The van der Waals surface area contributed by atoms with Crippen LogP contribution in [-0.2, 0) is 25.6 Å². The standard InChI is InChI=1S/C21H24Cl2N4O4S2/c1-30-21(29)13-33-20-5-4-19(25-26-20)32-12-18(28)24-9-15-11-27(6-7-31-15)10-14-2-3-16(22)17(23)8-14/h2-5,8,15H,6-7,9-13H2,1H3,(H,24,28). The summed E-state index contributed by atoms with van der Waals surface area (Å²) in [6.45, 7) is 3.31. The van der Waals surface area contributed by atoms with Crippen molar-refractivity contribution in [1.82, 2.24) is 20.4 Å². The summed E-state index contributed by atoms with van der Waals surface area (Å²) < 4.78 is 10.4. The number of carbonyl (C=O) groups excluding carboxylic acids is 2. The Labute approximate surface area is 211 Å². The molecule has 178 valence electrons. The minimum absolute atomic E-state index is 0.0821. The van der Waals surface area contributed by atoms with E-state index in [2.05, 4.69) is 25.2 Å². The van der Waals surface area contributed by atoms with Crippen LogP contribution in [0, 0.1) is 0 Å². The number of amides is 1. The minimum Gasteiger partial charge on any atom is -0.468 e. The Morgan fingerprint density at radius 1 is 1.15 bits per heavy atom. The number of nitrogens with zero attached hydrogens (tertiary/aromatic N) is 3. The summed E-state index contributed by atoms with van der Waals surface area (Å²) in [4.78, 5) is 25.7. The first-order valence-corrected chi connectivity index (χ1v) is 12.9. The molecule has 8 nitrogen and oxygen atoms in total. The van der Waals surface area contributed by atoms with Crippen molar-refractivity contribution in [2.75, 3.05) is 44.9 Å². The summed E-state index contributed by atoms with van der Waals surface area (Å²) >= 11 is 14.6. The molecular weight excluding hydrogens is 507 g/mol. The van der Waals surface area contributed by atoms with Crippen LogP contribution in [0.5, 0.6) is 0 Å². The zero-order valence-corrected chi connectivity index (χ0v) is 21.1. The lowest BCUT2D eigenvalue weighted by Crippen LogP contribution is -2.47. The van der Waals surface area contributed by atoms with Gasteiger partial charge in [-0.15, -0.1) is 10.2 Å². The highest BCUT2D eigenvalue weighted by molar-refractivity contribution is 8.00. The molecule has 1 amide bonds. The zero-order chi connectivity index (χ0) is 23.6. The molecule has 1 saturated heterocycles. The van der Waals surface area contributed by atoms with E-state index in [4.69, 9.17) is 27.9 Å². The number of nitrogens with one attached hydrogen (secondary N) is 1. The van der Waals surface area contributed by atoms with Crippen LogP contribution in [0.3, 0.4) is 0 Å². The number of esters is 1. The van der Waals surface area contributed by atoms with Crippen LogP contribution in [-0.4, -0.2) is 77.9 Å². The van der Waals surface area contributed by atoms with Crippen molar-refractivity contribution in [3.05, 3.63) is 45.9 Å². The molecule has 1 atom stereocenters. The van der Waals surface area contributed by atoms with Crippen LogP contribution in [0.15, 0.2) is 40.4 Å². The lowest BCUT2D eigenvalue weighted by atomic mass is 10.2. The molecule has 2 aromatic rings. The van der Waals surface area contributed by atoms with Gasteiger partial charge in [0.1, 0.15) is 10.1 Å². The molecule has 1 aromatic heterocycles. The summed E-state index contributed by atoms with van der Waals surface area (Å²) in [6, 6.07) is 9.18. The van der Waals surface area contributed by atoms with Crippen LogP contribution in [0.25, 0.3) is 0 Å². The Kier molecular flexibility index (Phi) is 10.5. The van der Waals surface area contributed by atoms with Gasteiger partial charge in [-0.3, -0.25) is 14.5 Å². The fourth-order valence-electron chi connectivity index (χ4n) is 3.02. The number of morpholine rings is 1. The fraction of sp³-hybridized carbons (Fsp3) is 0.429. The van der Waals surface area contributed by atoms with Crippen LogP contribution < -0.4 is 5.32 Å². The molecular formula is C21H24Cl2N4O4S2. The van der Waals surface area contributed by atoms with Crippen LogP contribution >= 0.6 is 46.7 Å². The SMILES string of the molecule is COC(=O)CSc1ccc(SCC(=O)NCC2CN(Cc3ccc(Cl)c(Cl)c3)CCO2)nn1. The van der Waals surface area contributed by atoms with Gasteiger partial charge in [0, 0.05) is 26.2 Å². The maximum absolute atomic E-state index is 12.2.